The van der Waals surface area contributed by atoms with Crippen LogP contribution in [0.2, 0.25) is 0 Å². The van der Waals surface area contributed by atoms with Crippen molar-refractivity contribution >= 4 is 109 Å². The van der Waals surface area contributed by atoms with Crippen molar-refractivity contribution in [1.29, 1.82) is 0 Å². The van der Waals surface area contributed by atoms with Gasteiger partial charge in [0.15, 0.2) is 0 Å². The molecular weight excluding hydrogens is 1130 g/mol. The molecule has 0 aliphatic carbocycles. The Morgan fingerprint density at radius 3 is 0.811 bits per heavy atom. The molecular formula is C84H56N4S2. The van der Waals surface area contributed by atoms with Crippen molar-refractivity contribution < 1.29 is 0 Å². The van der Waals surface area contributed by atoms with E-state index in [-0.39, 0.29) is 0 Å². The summed E-state index contributed by atoms with van der Waals surface area (Å²) in [5, 5.41) is 4.99. The summed E-state index contributed by atoms with van der Waals surface area (Å²) >= 11 is 0. The molecule has 17 aromatic rings. The van der Waals surface area contributed by atoms with Crippen molar-refractivity contribution in [2.75, 3.05) is 9.80 Å². The predicted octanol–water partition coefficient (Wildman–Crippen LogP) is 23.8. The van der Waals surface area contributed by atoms with Gasteiger partial charge >= 0.3 is 0 Å². The monoisotopic (exact) mass is 1180 g/mol. The van der Waals surface area contributed by atoms with Crippen molar-refractivity contribution in [1.82, 2.24) is 8.80 Å². The third-order valence-corrected chi connectivity index (χ3v) is 27.0. The quantitative estimate of drug-likeness (QED) is 0.141. The zero-order chi connectivity index (χ0) is 59.1. The number of para-hydroxylation sites is 6. The summed E-state index contributed by atoms with van der Waals surface area (Å²) in [6.45, 7) is 0. The molecule has 424 valence electrons. The molecule has 5 heterocycles. The molecule has 0 radical (unpaired) electrons. The van der Waals surface area contributed by atoms with Crippen LogP contribution >= 0.6 is 20.1 Å². The van der Waals surface area contributed by atoms with Crippen LogP contribution in [-0.4, -0.2) is 8.80 Å². The van der Waals surface area contributed by atoms with Crippen LogP contribution in [0.25, 0.3) is 76.9 Å². The van der Waals surface area contributed by atoms with E-state index >= 15 is 0 Å². The number of hydrogen-bond acceptors (Lipinski definition) is 2. The molecule has 0 N–H and O–H groups in total. The molecule has 4 nitrogen and oxygen atoms in total. The van der Waals surface area contributed by atoms with Gasteiger partial charge in [-0.3, -0.25) is 0 Å². The number of fused-ring (bicyclic) bond motifs is 12. The largest absolute Gasteiger partial charge is 0.308 e. The lowest BCUT2D eigenvalue weighted by atomic mass is 9.97. The van der Waals surface area contributed by atoms with Gasteiger partial charge in [-0.05, 0) is 168 Å². The van der Waals surface area contributed by atoms with E-state index in [1.165, 1.54) is 139 Å². The Balaban J connectivity index is 0.749. The molecule has 0 atom stereocenters. The molecule has 0 spiro atoms. The van der Waals surface area contributed by atoms with Gasteiger partial charge in [-0.15, -0.1) is 20.1 Å². The van der Waals surface area contributed by atoms with Crippen molar-refractivity contribution in [3.05, 3.63) is 340 Å². The minimum Gasteiger partial charge on any atom is -0.308 e. The normalized spacial score (nSPS) is 14.6. The van der Waals surface area contributed by atoms with E-state index in [0.717, 1.165) is 11.4 Å². The average molecular weight is 1190 g/mol. The fourth-order valence-electron chi connectivity index (χ4n) is 15.5. The van der Waals surface area contributed by atoms with Gasteiger partial charge in [-0.25, -0.2) is 0 Å². The van der Waals surface area contributed by atoms with Crippen molar-refractivity contribution in [2.24, 2.45) is 0 Å². The van der Waals surface area contributed by atoms with E-state index in [0.29, 0.717) is 0 Å². The van der Waals surface area contributed by atoms with Gasteiger partial charge in [0, 0.05) is 72.1 Å². The minimum absolute atomic E-state index is 1.13. The average Bonchev–Trinajstić information content (AvgIpc) is 1.15. The van der Waals surface area contributed by atoms with Gasteiger partial charge in [0.1, 0.15) is 0 Å². The molecule has 0 bridgehead atoms. The number of rotatable bonds is 8. The first kappa shape index (κ1) is 51.1. The van der Waals surface area contributed by atoms with Crippen molar-refractivity contribution in [3.8, 4) is 22.3 Å². The zero-order valence-electron chi connectivity index (χ0n) is 48.9. The maximum atomic E-state index is 2.56. The van der Waals surface area contributed by atoms with Crippen LogP contribution in [-0.2, 0) is 0 Å². The first-order valence-electron chi connectivity index (χ1n) is 30.9. The summed E-state index contributed by atoms with van der Waals surface area (Å²) in [6.07, 6.45) is 0. The first-order valence-corrected chi connectivity index (χ1v) is 34.2. The summed E-state index contributed by atoms with van der Waals surface area (Å²) in [6, 6.07) is 127. The van der Waals surface area contributed by atoms with Gasteiger partial charge in [-0.2, -0.15) is 0 Å². The highest BCUT2D eigenvalue weighted by Crippen LogP contribution is 2.81. The molecule has 14 aromatic carbocycles. The van der Waals surface area contributed by atoms with Crippen LogP contribution in [0.1, 0.15) is 0 Å². The second-order valence-corrected chi connectivity index (χ2v) is 29.6. The Kier molecular flexibility index (Phi) is 11.2. The number of hydrogen-bond donors (Lipinski definition) is 0. The van der Waals surface area contributed by atoms with Gasteiger partial charge in [-0.1, -0.05) is 194 Å². The van der Waals surface area contributed by atoms with Gasteiger partial charge in [0.05, 0.1) is 55.8 Å². The summed E-state index contributed by atoms with van der Waals surface area (Å²) in [4.78, 5) is 15.6. The molecule has 3 aromatic heterocycles. The van der Waals surface area contributed by atoms with Crippen LogP contribution in [0.3, 0.4) is 0 Å². The first-order chi connectivity index (χ1) is 44.7. The topological polar surface area (TPSA) is 15.3 Å². The molecule has 0 saturated carbocycles. The molecule has 0 fully saturated rings. The number of nitrogens with zero attached hydrogens (tertiary/aromatic N) is 4. The van der Waals surface area contributed by atoms with Crippen LogP contribution in [0.15, 0.2) is 379 Å². The lowest BCUT2D eigenvalue weighted by Gasteiger charge is -2.49. The molecule has 90 heavy (non-hydrogen) atoms. The van der Waals surface area contributed by atoms with Gasteiger partial charge in [0.25, 0.3) is 0 Å². The second kappa shape index (κ2) is 19.7. The molecule has 2 aliphatic heterocycles. The van der Waals surface area contributed by atoms with Crippen LogP contribution in [0, 0.1) is 0 Å². The second-order valence-electron chi connectivity index (χ2n) is 23.5. The molecule has 2 aliphatic rings. The third kappa shape index (κ3) is 6.94. The Morgan fingerprint density at radius 2 is 0.489 bits per heavy atom. The minimum atomic E-state index is -1.86. The third-order valence-electron chi connectivity index (χ3n) is 19.1. The van der Waals surface area contributed by atoms with E-state index < -0.39 is 20.1 Å². The van der Waals surface area contributed by atoms with E-state index in [2.05, 4.69) is 358 Å². The van der Waals surface area contributed by atoms with Gasteiger partial charge in [0.2, 0.25) is 0 Å². The lowest BCUT2D eigenvalue weighted by Crippen LogP contribution is -2.21. The highest BCUT2D eigenvalue weighted by Gasteiger charge is 2.44. The number of aromatic nitrogens is 2. The molecule has 19 rings (SSSR count). The maximum Gasteiger partial charge on any atom is 0.0789 e. The van der Waals surface area contributed by atoms with Crippen LogP contribution in [0.4, 0.5) is 34.1 Å². The Hall–Kier alpha value is -11.0. The van der Waals surface area contributed by atoms with E-state index in [1.807, 2.05) is 0 Å². The molecule has 6 heteroatoms. The predicted molar refractivity (Wildman–Crippen MR) is 377 cm³/mol. The number of anilines is 6. The summed E-state index contributed by atoms with van der Waals surface area (Å²) in [5.74, 6) is 0. The van der Waals surface area contributed by atoms with Gasteiger partial charge < -0.3 is 18.6 Å². The molecule has 0 saturated heterocycles. The molecule has 0 amide bonds. The lowest BCUT2D eigenvalue weighted by molar-refractivity contribution is 1.12. The van der Waals surface area contributed by atoms with E-state index in [9.17, 15) is 0 Å². The van der Waals surface area contributed by atoms with Crippen molar-refractivity contribution in [2.45, 2.75) is 39.2 Å². The summed E-state index contributed by atoms with van der Waals surface area (Å²) < 4.78 is 5.11. The highest BCUT2D eigenvalue weighted by molar-refractivity contribution is 8.34. The molecule has 0 unspecified atom stereocenters. The number of benzene rings is 14. The fourth-order valence-corrected chi connectivity index (χ4v) is 23.9. The highest BCUT2D eigenvalue weighted by atomic mass is 32.3. The van der Waals surface area contributed by atoms with Crippen molar-refractivity contribution in [3.63, 3.8) is 0 Å². The van der Waals surface area contributed by atoms with Crippen LogP contribution < -0.4 is 9.80 Å². The van der Waals surface area contributed by atoms with E-state index in [4.69, 9.17) is 0 Å². The van der Waals surface area contributed by atoms with Crippen LogP contribution in [0.5, 0.6) is 0 Å². The summed E-state index contributed by atoms with van der Waals surface area (Å²) in [7, 11) is -3.71. The van der Waals surface area contributed by atoms with E-state index in [1.54, 1.807) is 0 Å². The summed E-state index contributed by atoms with van der Waals surface area (Å²) in [5.41, 5.74) is 19.1. The zero-order valence-corrected chi connectivity index (χ0v) is 50.6. The standard InChI is InChI=1S/C84H56N4S2/c1-5-25-61(26-6-1)89(62-27-7-2-8-28-62)77-41-21-17-37-71(77)85(72-38-18-22-42-78(72)89)59-49-45-57(46-50-59)65-53-55-75-83-81(65)67-33-13-15-35-69(67)87(83)76-56-54-66(82-68-34-14-16-36-70(68)88(75)84(76)82)58-47-51-60(52-48-58)86-73-39-19-23-43-79(73)90(63-29-9-3-10-30-63,64-31-11-4-12-32-64)80-44-24-20-40-74(80)86/h1-56H. The smallest absolute Gasteiger partial charge is 0.0789 e. The fraction of sp³-hybridized carbons (Fsp3) is 0. The Labute approximate surface area is 525 Å². The Bertz CT molecular complexity index is 5130. The maximum absolute atomic E-state index is 2.56. The SMILES string of the molecule is c1ccc(S2(c3ccccc3)c3ccccc3N(c3ccc(-c4ccc5c6c4c4ccccc4n6c4ccc(-c6ccc(N7c8ccccc8S(c8ccccc8)(c8ccccc8)c8ccccc87)cc6)c6c7ccccc7n5c64)cc3)c3ccccc32)cc1. The Morgan fingerprint density at radius 1 is 0.211 bits per heavy atom.